The van der Waals surface area contributed by atoms with Gasteiger partial charge in [-0.05, 0) is 13.8 Å². The van der Waals surface area contributed by atoms with E-state index in [1.54, 1.807) is 11.3 Å². The molecule has 1 atom stereocenters. The number of aromatic nitrogens is 1. The molecular weight excluding hydrogens is 294 g/mol. The van der Waals surface area contributed by atoms with E-state index in [1.165, 1.54) is 5.56 Å². The maximum absolute atomic E-state index is 12.4. The van der Waals surface area contributed by atoms with E-state index in [9.17, 15) is 4.79 Å². The van der Waals surface area contributed by atoms with Crippen LogP contribution in [-0.4, -0.2) is 41.5 Å². The summed E-state index contributed by atoms with van der Waals surface area (Å²) < 4.78 is 0. The summed E-state index contributed by atoms with van der Waals surface area (Å²) in [5, 5.41) is 6.29. The summed E-state index contributed by atoms with van der Waals surface area (Å²) in [6.45, 7) is 6.70. The number of piperazine rings is 1. The third-order valence-corrected chi connectivity index (χ3v) is 4.94. The van der Waals surface area contributed by atoms with Gasteiger partial charge in [-0.15, -0.1) is 11.3 Å². The molecule has 1 aromatic carbocycles. The molecule has 5 heteroatoms. The molecule has 2 heterocycles. The number of carbonyl (C=O) groups is 1. The minimum absolute atomic E-state index is 0.176. The van der Waals surface area contributed by atoms with E-state index < -0.39 is 0 Å². The third kappa shape index (κ3) is 3.36. The van der Waals surface area contributed by atoms with Crippen molar-refractivity contribution >= 4 is 17.2 Å². The molecule has 3 rings (SSSR count). The normalized spacial score (nSPS) is 18.5. The van der Waals surface area contributed by atoms with E-state index in [0.717, 1.165) is 35.9 Å². The largest absolute Gasteiger partial charge is 0.337 e. The first-order chi connectivity index (χ1) is 10.6. The van der Waals surface area contributed by atoms with Gasteiger partial charge in [-0.25, -0.2) is 4.98 Å². The number of carbonyl (C=O) groups excluding carboxylic acids is 1. The highest BCUT2D eigenvalue weighted by molar-refractivity contribution is 7.13. The predicted molar refractivity (Wildman–Crippen MR) is 90.0 cm³/mol. The van der Waals surface area contributed by atoms with Crippen molar-refractivity contribution in [2.45, 2.75) is 26.3 Å². The van der Waals surface area contributed by atoms with E-state index in [-0.39, 0.29) is 11.9 Å². The van der Waals surface area contributed by atoms with Gasteiger partial charge in [0.05, 0.1) is 12.1 Å². The topological polar surface area (TPSA) is 45.2 Å². The fraction of sp³-hybridized carbons (Fsp3) is 0.412. The Balaban J connectivity index is 1.68. The number of rotatable bonds is 3. The standard InChI is InChI=1S/C17H21N3OS/c1-12-3-5-14(6-4-12)17-19-15(11-22-17)9-16(21)20-8-7-18-10-13(20)2/h3-6,11,13,18H,7-10H2,1-2H3. The van der Waals surface area contributed by atoms with Crippen LogP contribution in [0.4, 0.5) is 0 Å². The third-order valence-electron chi connectivity index (χ3n) is 4.00. The average Bonchev–Trinajstić information content (AvgIpc) is 2.97. The molecule has 0 saturated carbocycles. The van der Waals surface area contributed by atoms with Gasteiger partial charge in [0.2, 0.25) is 5.91 Å². The first kappa shape index (κ1) is 15.2. The smallest absolute Gasteiger partial charge is 0.228 e. The SMILES string of the molecule is Cc1ccc(-c2nc(CC(=O)N3CCNCC3C)cs2)cc1. The number of hydrogen-bond acceptors (Lipinski definition) is 4. The molecule has 0 aliphatic carbocycles. The second kappa shape index (κ2) is 6.58. The zero-order valence-corrected chi connectivity index (χ0v) is 13.8. The molecule has 4 nitrogen and oxygen atoms in total. The van der Waals surface area contributed by atoms with Crippen molar-refractivity contribution in [3.63, 3.8) is 0 Å². The Hall–Kier alpha value is -1.72. The van der Waals surface area contributed by atoms with Gasteiger partial charge in [-0.2, -0.15) is 0 Å². The molecule has 0 bridgehead atoms. The van der Waals surface area contributed by atoms with Crippen LogP contribution in [-0.2, 0) is 11.2 Å². The maximum Gasteiger partial charge on any atom is 0.228 e. The minimum atomic E-state index is 0.176. The molecular formula is C17H21N3OS. The van der Waals surface area contributed by atoms with Crippen molar-refractivity contribution in [2.75, 3.05) is 19.6 Å². The molecule has 0 radical (unpaired) electrons. The molecule has 1 aromatic heterocycles. The van der Waals surface area contributed by atoms with Crippen LogP contribution >= 0.6 is 11.3 Å². The second-order valence-corrected chi connectivity index (χ2v) is 6.69. The Bertz CT molecular complexity index is 650. The number of nitrogens with one attached hydrogen (secondary N) is 1. The summed E-state index contributed by atoms with van der Waals surface area (Å²) in [5.41, 5.74) is 3.23. The first-order valence-electron chi connectivity index (χ1n) is 7.65. The number of amides is 1. The highest BCUT2D eigenvalue weighted by atomic mass is 32.1. The lowest BCUT2D eigenvalue weighted by atomic mass is 10.1. The summed E-state index contributed by atoms with van der Waals surface area (Å²) in [6.07, 6.45) is 0.396. The molecule has 1 N–H and O–H groups in total. The van der Waals surface area contributed by atoms with Crippen molar-refractivity contribution in [2.24, 2.45) is 0 Å². The highest BCUT2D eigenvalue weighted by Crippen LogP contribution is 2.24. The lowest BCUT2D eigenvalue weighted by molar-refractivity contribution is -0.133. The zero-order valence-electron chi connectivity index (χ0n) is 13.0. The lowest BCUT2D eigenvalue weighted by Gasteiger charge is -2.33. The fourth-order valence-electron chi connectivity index (χ4n) is 2.68. The first-order valence-corrected chi connectivity index (χ1v) is 8.53. The Morgan fingerprint density at radius 2 is 2.18 bits per heavy atom. The van der Waals surface area contributed by atoms with Crippen molar-refractivity contribution in [1.82, 2.24) is 15.2 Å². The molecule has 2 aromatic rings. The quantitative estimate of drug-likeness (QED) is 0.946. The molecule has 1 aliphatic rings. The van der Waals surface area contributed by atoms with Crippen LogP contribution in [0, 0.1) is 6.92 Å². The molecule has 1 unspecified atom stereocenters. The second-order valence-electron chi connectivity index (χ2n) is 5.83. The summed E-state index contributed by atoms with van der Waals surface area (Å²) >= 11 is 1.60. The van der Waals surface area contributed by atoms with E-state index in [1.807, 2.05) is 10.3 Å². The summed E-state index contributed by atoms with van der Waals surface area (Å²) in [7, 11) is 0. The summed E-state index contributed by atoms with van der Waals surface area (Å²) in [4.78, 5) is 19.0. The van der Waals surface area contributed by atoms with Crippen LogP contribution < -0.4 is 5.32 Å². The minimum Gasteiger partial charge on any atom is -0.337 e. The molecule has 1 fully saturated rings. The van der Waals surface area contributed by atoms with Crippen molar-refractivity contribution in [3.05, 3.63) is 40.9 Å². The van der Waals surface area contributed by atoms with Crippen LogP contribution in [0.1, 0.15) is 18.2 Å². The van der Waals surface area contributed by atoms with Gasteiger partial charge < -0.3 is 10.2 Å². The molecule has 1 amide bonds. The van der Waals surface area contributed by atoms with E-state index in [4.69, 9.17) is 0 Å². The van der Waals surface area contributed by atoms with Gasteiger partial charge in [0.1, 0.15) is 5.01 Å². The van der Waals surface area contributed by atoms with Gasteiger partial charge in [-0.1, -0.05) is 29.8 Å². The lowest BCUT2D eigenvalue weighted by Crippen LogP contribution is -2.52. The van der Waals surface area contributed by atoms with Crippen molar-refractivity contribution in [3.8, 4) is 10.6 Å². The monoisotopic (exact) mass is 315 g/mol. The number of aryl methyl sites for hydroxylation is 1. The van der Waals surface area contributed by atoms with Crippen LogP contribution in [0.5, 0.6) is 0 Å². The van der Waals surface area contributed by atoms with Gasteiger partial charge in [0.15, 0.2) is 0 Å². The van der Waals surface area contributed by atoms with Gasteiger partial charge >= 0.3 is 0 Å². The molecule has 116 valence electrons. The summed E-state index contributed by atoms with van der Waals surface area (Å²) in [6, 6.07) is 8.60. The predicted octanol–water partition coefficient (Wildman–Crippen LogP) is 2.48. The number of hydrogen-bond donors (Lipinski definition) is 1. The van der Waals surface area contributed by atoms with Crippen LogP contribution in [0.25, 0.3) is 10.6 Å². The van der Waals surface area contributed by atoms with Gasteiger partial charge in [0, 0.05) is 36.6 Å². The van der Waals surface area contributed by atoms with E-state index in [0.29, 0.717) is 6.42 Å². The number of benzene rings is 1. The Morgan fingerprint density at radius 3 is 2.91 bits per heavy atom. The summed E-state index contributed by atoms with van der Waals surface area (Å²) in [5.74, 6) is 0.176. The fourth-order valence-corrected chi connectivity index (χ4v) is 3.51. The Labute approximate surface area is 135 Å². The zero-order chi connectivity index (χ0) is 15.5. The molecule has 0 spiro atoms. The molecule has 1 aliphatic heterocycles. The van der Waals surface area contributed by atoms with E-state index >= 15 is 0 Å². The Morgan fingerprint density at radius 1 is 1.41 bits per heavy atom. The van der Waals surface area contributed by atoms with Crippen molar-refractivity contribution < 1.29 is 4.79 Å². The highest BCUT2D eigenvalue weighted by Gasteiger charge is 2.23. The van der Waals surface area contributed by atoms with Crippen LogP contribution in [0.2, 0.25) is 0 Å². The maximum atomic E-state index is 12.4. The average molecular weight is 315 g/mol. The molecule has 22 heavy (non-hydrogen) atoms. The van der Waals surface area contributed by atoms with Crippen molar-refractivity contribution in [1.29, 1.82) is 0 Å². The van der Waals surface area contributed by atoms with E-state index in [2.05, 4.69) is 48.4 Å². The Kier molecular flexibility index (Phi) is 4.55. The number of thiazole rings is 1. The van der Waals surface area contributed by atoms with Crippen LogP contribution in [0.3, 0.4) is 0 Å². The molecule has 1 saturated heterocycles. The number of nitrogens with zero attached hydrogens (tertiary/aromatic N) is 2. The van der Waals surface area contributed by atoms with Crippen LogP contribution in [0.15, 0.2) is 29.6 Å². The van der Waals surface area contributed by atoms with Gasteiger partial charge in [0.25, 0.3) is 0 Å². The van der Waals surface area contributed by atoms with Gasteiger partial charge in [-0.3, -0.25) is 4.79 Å².